The highest BCUT2D eigenvalue weighted by Crippen LogP contribution is 2.30. The van der Waals surface area contributed by atoms with E-state index in [1.165, 1.54) is 0 Å². The van der Waals surface area contributed by atoms with Crippen LogP contribution in [0.3, 0.4) is 0 Å². The lowest BCUT2D eigenvalue weighted by atomic mass is 10.2. The maximum Gasteiger partial charge on any atom is 0.264 e. The Hall–Kier alpha value is -0.560. The molecule has 0 N–H and O–H groups in total. The van der Waals surface area contributed by atoms with E-state index in [0.29, 0.717) is 16.4 Å². The first-order chi connectivity index (χ1) is 7.85. The van der Waals surface area contributed by atoms with E-state index in [9.17, 15) is 8.42 Å². The Balaban J connectivity index is 2.35. The quantitative estimate of drug-likeness (QED) is 0.805. The van der Waals surface area contributed by atoms with Gasteiger partial charge >= 0.3 is 0 Å². The molecular weight excluding hydrogens is 332 g/mol. The van der Waals surface area contributed by atoms with E-state index < -0.39 is 10.1 Å². The van der Waals surface area contributed by atoms with Crippen molar-refractivity contribution in [3.63, 3.8) is 0 Å². The summed E-state index contributed by atoms with van der Waals surface area (Å²) in [6.07, 6.45) is 0.985. The molecule has 0 saturated heterocycles. The Morgan fingerprint density at radius 3 is 2.76 bits per heavy atom. The van der Waals surface area contributed by atoms with Crippen LogP contribution in [0.4, 0.5) is 0 Å². The third kappa shape index (κ3) is 3.22. The van der Waals surface area contributed by atoms with E-state index in [-0.39, 0.29) is 6.61 Å². The van der Waals surface area contributed by atoms with Gasteiger partial charge in [-0.1, -0.05) is 27.5 Å². The smallest absolute Gasteiger partial charge is 0.264 e. The van der Waals surface area contributed by atoms with Crippen molar-refractivity contribution < 1.29 is 17.0 Å². The fraction of sp³-hybridized carbons (Fsp3) is 0.200. The fourth-order valence-corrected chi connectivity index (χ4v) is 2.57. The maximum absolute atomic E-state index is 10.8. The number of benzene rings is 1. The number of fused-ring (bicyclic) bond motifs is 1. The second kappa shape index (κ2) is 4.61. The predicted octanol–water partition coefficient (Wildman–Crippen LogP) is 3.32. The summed E-state index contributed by atoms with van der Waals surface area (Å²) in [6, 6.07) is 5.22. The van der Waals surface area contributed by atoms with Crippen LogP contribution in [-0.2, 0) is 20.9 Å². The van der Waals surface area contributed by atoms with Crippen molar-refractivity contribution in [3.05, 3.63) is 33.5 Å². The topological polar surface area (TPSA) is 56.5 Å². The summed E-state index contributed by atoms with van der Waals surface area (Å²) in [7, 11) is -3.48. The lowest BCUT2D eigenvalue weighted by molar-refractivity contribution is 0.281. The van der Waals surface area contributed by atoms with Crippen molar-refractivity contribution in [1.82, 2.24) is 0 Å². The van der Waals surface area contributed by atoms with Crippen molar-refractivity contribution in [2.45, 2.75) is 6.61 Å². The van der Waals surface area contributed by atoms with Gasteiger partial charge in [0.25, 0.3) is 10.1 Å². The van der Waals surface area contributed by atoms with Crippen molar-refractivity contribution in [2.75, 3.05) is 6.26 Å². The zero-order valence-corrected chi connectivity index (χ0v) is 11.9. The summed E-state index contributed by atoms with van der Waals surface area (Å²) < 4.78 is 32.6. The van der Waals surface area contributed by atoms with Crippen LogP contribution in [0.25, 0.3) is 11.0 Å². The van der Waals surface area contributed by atoms with Gasteiger partial charge in [0.05, 0.1) is 11.3 Å². The Morgan fingerprint density at radius 2 is 2.12 bits per heavy atom. The van der Waals surface area contributed by atoms with Crippen LogP contribution in [0, 0.1) is 0 Å². The first-order valence-corrected chi connectivity index (χ1v) is 7.56. The zero-order valence-electron chi connectivity index (χ0n) is 8.74. The molecule has 0 aliphatic heterocycles. The van der Waals surface area contributed by atoms with Gasteiger partial charge in [0.15, 0.2) is 5.58 Å². The minimum Gasteiger partial charge on any atom is -0.457 e. The van der Waals surface area contributed by atoms with Crippen LogP contribution < -0.4 is 0 Å². The van der Waals surface area contributed by atoms with Crippen LogP contribution in [-0.4, -0.2) is 14.7 Å². The summed E-state index contributed by atoms with van der Waals surface area (Å²) in [5.74, 6) is 0.408. The molecule has 2 rings (SSSR count). The predicted molar refractivity (Wildman–Crippen MR) is 68.6 cm³/mol. The lowest BCUT2D eigenvalue weighted by Crippen LogP contribution is -2.01. The Morgan fingerprint density at radius 1 is 1.41 bits per heavy atom. The third-order valence-electron chi connectivity index (χ3n) is 2.00. The van der Waals surface area contributed by atoms with Crippen LogP contribution >= 0.6 is 27.5 Å². The van der Waals surface area contributed by atoms with E-state index in [2.05, 4.69) is 20.1 Å². The molecule has 0 fully saturated rings. The van der Waals surface area contributed by atoms with E-state index in [1.807, 2.05) is 6.07 Å². The van der Waals surface area contributed by atoms with Gasteiger partial charge < -0.3 is 4.42 Å². The molecule has 0 bridgehead atoms. The number of hydrogen-bond acceptors (Lipinski definition) is 4. The Kier molecular flexibility index (Phi) is 3.49. The van der Waals surface area contributed by atoms with Crippen LogP contribution in [0.5, 0.6) is 0 Å². The van der Waals surface area contributed by atoms with Gasteiger partial charge in [-0.05, 0) is 18.2 Å². The number of hydrogen-bond donors (Lipinski definition) is 0. The molecule has 0 amide bonds. The largest absolute Gasteiger partial charge is 0.457 e. The molecular formula is C10H8BrClO4S. The number of furan rings is 1. The van der Waals surface area contributed by atoms with Gasteiger partial charge in [0.2, 0.25) is 0 Å². The van der Waals surface area contributed by atoms with Gasteiger partial charge in [0.1, 0.15) is 12.4 Å². The molecule has 0 saturated carbocycles. The molecule has 0 radical (unpaired) electrons. The van der Waals surface area contributed by atoms with Crippen molar-refractivity contribution in [2.24, 2.45) is 0 Å². The van der Waals surface area contributed by atoms with Crippen molar-refractivity contribution in [1.29, 1.82) is 0 Å². The van der Waals surface area contributed by atoms with Crippen molar-refractivity contribution in [3.8, 4) is 0 Å². The molecule has 1 aromatic carbocycles. The molecule has 92 valence electrons. The standard InChI is InChI=1S/C10H8BrClO4S/c1-17(13,14)15-5-8-3-6-2-7(11)4-9(12)10(6)16-8/h2-4H,5H2,1H3. The number of halogens is 2. The second-order valence-electron chi connectivity index (χ2n) is 3.48. The van der Waals surface area contributed by atoms with E-state index in [0.717, 1.165) is 16.1 Å². The molecule has 7 heteroatoms. The fourth-order valence-electron chi connectivity index (χ4n) is 1.37. The van der Waals surface area contributed by atoms with E-state index >= 15 is 0 Å². The summed E-state index contributed by atoms with van der Waals surface area (Å²) >= 11 is 9.29. The molecule has 0 aliphatic carbocycles. The second-order valence-corrected chi connectivity index (χ2v) is 6.45. The normalized spacial score (nSPS) is 12.2. The molecule has 4 nitrogen and oxygen atoms in total. The zero-order chi connectivity index (χ0) is 12.6. The number of rotatable bonds is 3. The molecule has 0 atom stereocenters. The SMILES string of the molecule is CS(=O)(=O)OCc1cc2cc(Br)cc(Cl)c2o1. The molecule has 0 spiro atoms. The first kappa shape index (κ1) is 12.9. The molecule has 2 aromatic rings. The van der Waals surface area contributed by atoms with E-state index in [4.69, 9.17) is 16.0 Å². The van der Waals surface area contributed by atoms with Gasteiger partial charge in [0, 0.05) is 9.86 Å². The highest BCUT2D eigenvalue weighted by molar-refractivity contribution is 9.10. The van der Waals surface area contributed by atoms with Gasteiger partial charge in [-0.25, -0.2) is 0 Å². The third-order valence-corrected chi connectivity index (χ3v) is 3.29. The average Bonchev–Trinajstić information content (AvgIpc) is 2.56. The van der Waals surface area contributed by atoms with Crippen LogP contribution in [0.2, 0.25) is 5.02 Å². The summed E-state index contributed by atoms with van der Waals surface area (Å²) in [4.78, 5) is 0. The molecule has 0 unspecified atom stereocenters. The van der Waals surface area contributed by atoms with Crippen molar-refractivity contribution >= 4 is 48.6 Å². The minimum atomic E-state index is -3.48. The molecule has 17 heavy (non-hydrogen) atoms. The summed E-state index contributed by atoms with van der Waals surface area (Å²) in [5.41, 5.74) is 0.516. The minimum absolute atomic E-state index is 0.137. The highest BCUT2D eigenvalue weighted by Gasteiger charge is 2.10. The van der Waals surface area contributed by atoms with Crippen LogP contribution in [0.1, 0.15) is 5.76 Å². The summed E-state index contributed by atoms with van der Waals surface area (Å²) in [5, 5.41) is 1.25. The molecule has 0 aliphatic rings. The van der Waals surface area contributed by atoms with Crippen LogP contribution in [0.15, 0.2) is 27.1 Å². The lowest BCUT2D eigenvalue weighted by Gasteiger charge is -1.96. The molecule has 1 aromatic heterocycles. The van der Waals surface area contributed by atoms with Gasteiger partial charge in [-0.2, -0.15) is 8.42 Å². The Labute approximate surface area is 112 Å². The summed E-state index contributed by atoms with van der Waals surface area (Å²) in [6.45, 7) is -0.137. The monoisotopic (exact) mass is 338 g/mol. The molecule has 1 heterocycles. The van der Waals surface area contributed by atoms with Gasteiger partial charge in [-0.3, -0.25) is 4.18 Å². The maximum atomic E-state index is 10.8. The van der Waals surface area contributed by atoms with Gasteiger partial charge in [-0.15, -0.1) is 0 Å². The van der Waals surface area contributed by atoms with E-state index in [1.54, 1.807) is 12.1 Å². The Bertz CT molecular complexity index is 662. The first-order valence-electron chi connectivity index (χ1n) is 4.57. The highest BCUT2D eigenvalue weighted by atomic mass is 79.9. The average molecular weight is 340 g/mol.